The van der Waals surface area contributed by atoms with Gasteiger partial charge in [-0.1, -0.05) is 78.9 Å². The molecular formula is C42H24N2OS. The molecule has 0 atom stereocenters. The fourth-order valence-corrected chi connectivity index (χ4v) is 8.88. The van der Waals surface area contributed by atoms with Crippen molar-refractivity contribution in [2.75, 3.05) is 0 Å². The van der Waals surface area contributed by atoms with Gasteiger partial charge in [-0.25, -0.2) is 0 Å². The van der Waals surface area contributed by atoms with Gasteiger partial charge in [0.15, 0.2) is 0 Å². The van der Waals surface area contributed by atoms with E-state index in [1.165, 1.54) is 52.9 Å². The Morgan fingerprint density at radius 3 is 1.74 bits per heavy atom. The van der Waals surface area contributed by atoms with Gasteiger partial charge >= 0.3 is 0 Å². The third kappa shape index (κ3) is 3.16. The van der Waals surface area contributed by atoms with Crippen LogP contribution in [0.5, 0.6) is 0 Å². The highest BCUT2D eigenvalue weighted by molar-refractivity contribution is 7.25. The molecule has 0 saturated carbocycles. The number of aromatic nitrogens is 2. The van der Waals surface area contributed by atoms with E-state index < -0.39 is 0 Å². The minimum absolute atomic E-state index is 0.899. The Morgan fingerprint density at radius 1 is 0.391 bits per heavy atom. The second-order valence-electron chi connectivity index (χ2n) is 12.1. The van der Waals surface area contributed by atoms with Crippen LogP contribution in [0.4, 0.5) is 0 Å². The minimum Gasteiger partial charge on any atom is -0.455 e. The molecule has 0 aliphatic carbocycles. The van der Waals surface area contributed by atoms with Crippen molar-refractivity contribution in [3.63, 3.8) is 0 Å². The number of furan rings is 1. The molecule has 3 nitrogen and oxygen atoms in total. The summed E-state index contributed by atoms with van der Waals surface area (Å²) < 4.78 is 14.1. The maximum atomic E-state index is 6.76. The minimum atomic E-state index is 0.899. The zero-order valence-electron chi connectivity index (χ0n) is 24.6. The Hall–Kier alpha value is -5.84. The molecular weight excluding hydrogens is 581 g/mol. The first-order valence-corrected chi connectivity index (χ1v) is 16.4. The first-order valence-electron chi connectivity index (χ1n) is 15.6. The number of thiophene rings is 1. The largest absolute Gasteiger partial charge is 0.455 e. The van der Waals surface area contributed by atoms with E-state index >= 15 is 0 Å². The molecule has 11 aromatic rings. The van der Waals surface area contributed by atoms with Crippen LogP contribution in [-0.2, 0) is 0 Å². The van der Waals surface area contributed by atoms with E-state index in [1.807, 2.05) is 11.3 Å². The summed E-state index contributed by atoms with van der Waals surface area (Å²) in [5.74, 6) is 0. The van der Waals surface area contributed by atoms with Crippen LogP contribution in [0, 0.1) is 0 Å². The van der Waals surface area contributed by atoms with Crippen molar-refractivity contribution in [3.05, 3.63) is 146 Å². The highest BCUT2D eigenvalue weighted by atomic mass is 32.1. The third-order valence-corrected chi connectivity index (χ3v) is 10.8. The Kier molecular flexibility index (Phi) is 4.72. The van der Waals surface area contributed by atoms with Gasteiger partial charge in [0.05, 0.1) is 27.5 Å². The van der Waals surface area contributed by atoms with E-state index in [0.717, 1.165) is 44.2 Å². The maximum absolute atomic E-state index is 6.76. The summed E-state index contributed by atoms with van der Waals surface area (Å²) in [5.41, 5.74) is 8.86. The second-order valence-corrected chi connectivity index (χ2v) is 13.2. The van der Waals surface area contributed by atoms with Gasteiger partial charge in [-0.05, 0) is 66.7 Å². The smallest absolute Gasteiger partial charge is 0.145 e. The van der Waals surface area contributed by atoms with E-state index in [-0.39, 0.29) is 0 Å². The van der Waals surface area contributed by atoms with E-state index in [1.54, 1.807) is 0 Å². The van der Waals surface area contributed by atoms with Crippen molar-refractivity contribution in [3.8, 4) is 11.4 Å². The molecule has 0 N–H and O–H groups in total. The first kappa shape index (κ1) is 24.5. The van der Waals surface area contributed by atoms with Gasteiger partial charge in [0.2, 0.25) is 0 Å². The van der Waals surface area contributed by atoms with Crippen molar-refractivity contribution in [2.45, 2.75) is 0 Å². The Balaban J connectivity index is 1.18. The van der Waals surface area contributed by atoms with Crippen molar-refractivity contribution in [1.82, 2.24) is 9.13 Å². The number of benzene rings is 7. The van der Waals surface area contributed by atoms with Crippen molar-refractivity contribution in [1.29, 1.82) is 0 Å². The molecule has 0 aliphatic heterocycles. The molecule has 0 aliphatic rings. The summed E-state index contributed by atoms with van der Waals surface area (Å²) >= 11 is 1.86. The molecule has 46 heavy (non-hydrogen) atoms. The first-order chi connectivity index (χ1) is 22.8. The Labute approximate surface area is 266 Å². The van der Waals surface area contributed by atoms with Crippen LogP contribution in [0.1, 0.15) is 0 Å². The molecule has 4 aromatic heterocycles. The molecule has 4 heteroatoms. The van der Waals surface area contributed by atoms with Crippen LogP contribution in [0.2, 0.25) is 0 Å². The summed E-state index contributed by atoms with van der Waals surface area (Å²) in [6.07, 6.45) is 0. The second kappa shape index (κ2) is 8.87. The lowest BCUT2D eigenvalue weighted by Gasteiger charge is -2.08. The molecule has 0 saturated heterocycles. The molecule has 0 spiro atoms. The van der Waals surface area contributed by atoms with Gasteiger partial charge in [0, 0.05) is 58.5 Å². The van der Waals surface area contributed by atoms with Crippen LogP contribution in [-0.4, -0.2) is 9.13 Å². The molecule has 0 radical (unpaired) electrons. The summed E-state index contributed by atoms with van der Waals surface area (Å²) in [6.45, 7) is 0. The molecule has 0 bridgehead atoms. The van der Waals surface area contributed by atoms with Crippen LogP contribution >= 0.6 is 11.3 Å². The lowest BCUT2D eigenvalue weighted by Crippen LogP contribution is -1.93. The summed E-state index contributed by atoms with van der Waals surface area (Å²) in [4.78, 5) is 0. The van der Waals surface area contributed by atoms with Crippen molar-refractivity contribution in [2.24, 2.45) is 0 Å². The summed E-state index contributed by atoms with van der Waals surface area (Å²) in [7, 11) is 0. The number of hydrogen-bond donors (Lipinski definition) is 0. The number of nitrogens with zero attached hydrogens (tertiary/aromatic N) is 2. The summed E-state index contributed by atoms with van der Waals surface area (Å²) in [5, 5.41) is 9.76. The lowest BCUT2D eigenvalue weighted by molar-refractivity contribution is 0.673. The third-order valence-electron chi connectivity index (χ3n) is 9.72. The zero-order chi connectivity index (χ0) is 29.9. The Morgan fingerprint density at radius 2 is 0.957 bits per heavy atom. The number of para-hydroxylation sites is 3. The molecule has 214 valence electrons. The summed E-state index contributed by atoms with van der Waals surface area (Å²) in [6, 6.07) is 52.7. The topological polar surface area (TPSA) is 23.0 Å². The molecule has 4 heterocycles. The fourth-order valence-electron chi connectivity index (χ4n) is 7.75. The van der Waals surface area contributed by atoms with Crippen LogP contribution in [0.25, 0.3) is 97.1 Å². The number of hydrogen-bond acceptors (Lipinski definition) is 2. The maximum Gasteiger partial charge on any atom is 0.145 e. The highest BCUT2D eigenvalue weighted by Crippen LogP contribution is 2.43. The van der Waals surface area contributed by atoms with Gasteiger partial charge in [-0.15, -0.1) is 11.3 Å². The average molecular weight is 605 g/mol. The fraction of sp³-hybridized carbons (Fsp3) is 0. The Bertz CT molecular complexity index is 2990. The van der Waals surface area contributed by atoms with Crippen LogP contribution in [0.3, 0.4) is 0 Å². The molecule has 11 rings (SSSR count). The molecule has 7 aromatic carbocycles. The average Bonchev–Trinajstić information content (AvgIpc) is 3.85. The predicted molar refractivity (Wildman–Crippen MR) is 195 cm³/mol. The van der Waals surface area contributed by atoms with Gasteiger partial charge in [0.25, 0.3) is 0 Å². The van der Waals surface area contributed by atoms with Crippen molar-refractivity contribution >= 4 is 97.1 Å². The number of fused-ring (bicyclic) bond motifs is 13. The number of rotatable bonds is 2. The van der Waals surface area contributed by atoms with E-state index in [0.29, 0.717) is 0 Å². The normalized spacial score (nSPS) is 12.3. The zero-order valence-corrected chi connectivity index (χ0v) is 25.4. The van der Waals surface area contributed by atoms with Gasteiger partial charge in [-0.2, -0.15) is 0 Å². The van der Waals surface area contributed by atoms with Gasteiger partial charge in [0.1, 0.15) is 11.2 Å². The molecule has 0 unspecified atom stereocenters. The van der Waals surface area contributed by atoms with Gasteiger partial charge < -0.3 is 13.6 Å². The lowest BCUT2D eigenvalue weighted by atomic mass is 10.1. The van der Waals surface area contributed by atoms with Crippen LogP contribution < -0.4 is 0 Å². The van der Waals surface area contributed by atoms with Gasteiger partial charge in [-0.3, -0.25) is 0 Å². The van der Waals surface area contributed by atoms with E-state index in [2.05, 4.69) is 155 Å². The monoisotopic (exact) mass is 604 g/mol. The predicted octanol–water partition coefficient (Wildman–Crippen LogP) is 12.1. The van der Waals surface area contributed by atoms with E-state index in [4.69, 9.17) is 4.42 Å². The van der Waals surface area contributed by atoms with E-state index in [9.17, 15) is 0 Å². The SMILES string of the molecule is c1ccc2c(c1)sc1cc(-n3c4ccccc4c4c5oc6ccc(-n7c8ccccc8c8ccccc87)cc6c5ccc43)ccc12. The van der Waals surface area contributed by atoms with Crippen LogP contribution in [0.15, 0.2) is 150 Å². The molecule has 0 amide bonds. The standard InChI is InChI=1S/C42H24N2OS/c1-5-13-34-27(9-1)28-10-2-6-14-35(28)43(34)25-18-22-38-33(23-25)31-20-21-37-41(42(31)45-38)32-12-3-7-15-36(32)44(37)26-17-19-30-29-11-4-8-16-39(29)46-40(30)24-26/h1-24H. The highest BCUT2D eigenvalue weighted by Gasteiger charge is 2.20. The van der Waals surface area contributed by atoms with Crippen molar-refractivity contribution < 1.29 is 4.42 Å². The quantitative estimate of drug-likeness (QED) is 0.192. The molecule has 0 fully saturated rings.